The molecule has 0 spiro atoms. The van der Waals surface area contributed by atoms with Crippen LogP contribution in [0.5, 0.6) is 0 Å². The normalized spacial score (nSPS) is 51.7. The molecule has 0 aromatic rings. The number of carboxylic acids is 1. The van der Waals surface area contributed by atoms with Crippen LogP contribution in [0.3, 0.4) is 0 Å². The summed E-state index contributed by atoms with van der Waals surface area (Å²) in [5.41, 5.74) is 0.216. The van der Waals surface area contributed by atoms with E-state index in [9.17, 15) is 15.0 Å². The van der Waals surface area contributed by atoms with Crippen LogP contribution in [0.25, 0.3) is 0 Å². The van der Waals surface area contributed by atoms with Crippen molar-refractivity contribution in [2.75, 3.05) is 0 Å². The molecule has 0 aromatic heterocycles. The molecular weight excluding hydrogens is 352 g/mol. The summed E-state index contributed by atoms with van der Waals surface area (Å²) in [6.07, 6.45) is 9.26. The van der Waals surface area contributed by atoms with Crippen LogP contribution < -0.4 is 0 Å². The van der Waals surface area contributed by atoms with E-state index in [1.807, 2.05) is 0 Å². The van der Waals surface area contributed by atoms with Crippen LogP contribution in [-0.2, 0) is 4.79 Å². The molecule has 3 N–H and O–H groups in total. The predicted octanol–water partition coefficient (Wildman–Crippen LogP) is 4.48. The van der Waals surface area contributed by atoms with Gasteiger partial charge in [-0.3, -0.25) is 4.79 Å². The SMILES string of the molecule is C[C@H](CCC(=O)O)[C@H]1CCC2C3CCC4C[C@H](O)CC[C@]4(C)C3C[C@H](O)[C@@]21C. The van der Waals surface area contributed by atoms with Crippen LogP contribution in [0, 0.1) is 46.3 Å². The molecule has 4 rings (SSSR count). The lowest BCUT2D eigenvalue weighted by Gasteiger charge is -2.62. The lowest BCUT2D eigenvalue weighted by molar-refractivity contribution is -0.175. The monoisotopic (exact) mass is 392 g/mol. The van der Waals surface area contributed by atoms with Crippen molar-refractivity contribution in [3.63, 3.8) is 0 Å². The summed E-state index contributed by atoms with van der Waals surface area (Å²) in [5, 5.41) is 30.8. The average Bonchev–Trinajstić information content (AvgIpc) is 3.00. The predicted molar refractivity (Wildman–Crippen MR) is 109 cm³/mol. The van der Waals surface area contributed by atoms with Gasteiger partial charge in [0.1, 0.15) is 0 Å². The minimum absolute atomic E-state index is 0.0591. The van der Waals surface area contributed by atoms with Crippen molar-refractivity contribution in [2.24, 2.45) is 46.3 Å². The molecule has 4 fully saturated rings. The van der Waals surface area contributed by atoms with E-state index in [0.717, 1.165) is 38.5 Å². The van der Waals surface area contributed by atoms with Crippen molar-refractivity contribution in [2.45, 2.75) is 97.2 Å². The Morgan fingerprint density at radius 3 is 2.50 bits per heavy atom. The maximum atomic E-state index is 11.5. The van der Waals surface area contributed by atoms with Crippen LogP contribution in [0.1, 0.15) is 85.0 Å². The molecule has 0 bridgehead atoms. The van der Waals surface area contributed by atoms with Crippen molar-refractivity contribution < 1.29 is 20.1 Å². The van der Waals surface area contributed by atoms with E-state index in [-0.39, 0.29) is 29.5 Å². The smallest absolute Gasteiger partial charge is 0.303 e. The first-order chi connectivity index (χ1) is 13.2. The van der Waals surface area contributed by atoms with Gasteiger partial charge in [-0.15, -0.1) is 0 Å². The number of fused-ring (bicyclic) bond motifs is 5. The summed E-state index contributed by atoms with van der Waals surface area (Å²) >= 11 is 0. The summed E-state index contributed by atoms with van der Waals surface area (Å²) < 4.78 is 0. The largest absolute Gasteiger partial charge is 0.481 e. The third-order valence-corrected chi connectivity index (χ3v) is 10.3. The van der Waals surface area contributed by atoms with Gasteiger partial charge in [0.05, 0.1) is 12.2 Å². The summed E-state index contributed by atoms with van der Waals surface area (Å²) in [7, 11) is 0. The molecule has 4 unspecified atom stereocenters. The minimum Gasteiger partial charge on any atom is -0.481 e. The van der Waals surface area contributed by atoms with Crippen LogP contribution in [0.2, 0.25) is 0 Å². The van der Waals surface area contributed by atoms with E-state index < -0.39 is 5.97 Å². The first-order valence-electron chi connectivity index (χ1n) is 11.8. The van der Waals surface area contributed by atoms with Gasteiger partial charge in [-0.05, 0) is 104 Å². The first kappa shape index (κ1) is 20.7. The summed E-state index contributed by atoms with van der Waals surface area (Å²) in [6, 6.07) is 0. The Morgan fingerprint density at radius 1 is 1.04 bits per heavy atom. The highest BCUT2D eigenvalue weighted by Gasteiger charge is 2.63. The molecule has 28 heavy (non-hydrogen) atoms. The first-order valence-corrected chi connectivity index (χ1v) is 11.8. The molecule has 4 aliphatic carbocycles. The summed E-state index contributed by atoms with van der Waals surface area (Å²) in [6.45, 7) is 6.99. The maximum Gasteiger partial charge on any atom is 0.303 e. The molecule has 0 aromatic carbocycles. The summed E-state index contributed by atoms with van der Waals surface area (Å²) in [4.78, 5) is 11.1. The molecule has 10 atom stereocenters. The van der Waals surface area contributed by atoms with Crippen molar-refractivity contribution in [3.05, 3.63) is 0 Å². The van der Waals surface area contributed by atoms with E-state index in [1.165, 1.54) is 19.3 Å². The molecule has 4 saturated carbocycles. The quantitative estimate of drug-likeness (QED) is 0.659. The van der Waals surface area contributed by atoms with Gasteiger partial charge in [-0.2, -0.15) is 0 Å². The minimum atomic E-state index is -0.707. The van der Waals surface area contributed by atoms with Crippen molar-refractivity contribution >= 4 is 5.97 Å². The fourth-order valence-corrected chi connectivity index (χ4v) is 8.71. The number of hydrogen-bond acceptors (Lipinski definition) is 3. The standard InChI is InChI=1S/C24H40O4/c1-14(4-9-22(27)28)18-7-8-19-17-6-5-15-12-16(25)10-11-23(15,2)20(17)13-21(26)24(18,19)3/h14-21,25-26H,4-13H2,1-3H3,(H,27,28)/t14-,15?,16-,17?,18-,19?,20?,21+,23+,24-/m1/s1. The fourth-order valence-electron chi connectivity index (χ4n) is 8.71. The Morgan fingerprint density at radius 2 is 1.79 bits per heavy atom. The van der Waals surface area contributed by atoms with Gasteiger partial charge >= 0.3 is 5.97 Å². The molecular formula is C24H40O4. The van der Waals surface area contributed by atoms with Gasteiger partial charge in [-0.25, -0.2) is 0 Å². The van der Waals surface area contributed by atoms with Gasteiger partial charge in [0.15, 0.2) is 0 Å². The van der Waals surface area contributed by atoms with Crippen molar-refractivity contribution in [3.8, 4) is 0 Å². The highest BCUT2D eigenvalue weighted by molar-refractivity contribution is 5.66. The van der Waals surface area contributed by atoms with Gasteiger partial charge in [-0.1, -0.05) is 20.8 Å². The van der Waals surface area contributed by atoms with Gasteiger partial charge < -0.3 is 15.3 Å². The number of rotatable bonds is 4. The lowest BCUT2D eigenvalue weighted by Crippen LogP contribution is -2.58. The highest BCUT2D eigenvalue weighted by atomic mass is 16.4. The molecule has 4 aliphatic rings. The Bertz CT molecular complexity index is 605. The number of aliphatic hydroxyl groups is 2. The van der Waals surface area contributed by atoms with E-state index in [1.54, 1.807) is 0 Å². The molecule has 160 valence electrons. The molecule has 0 radical (unpaired) electrons. The van der Waals surface area contributed by atoms with Gasteiger partial charge in [0, 0.05) is 6.42 Å². The van der Waals surface area contributed by atoms with Gasteiger partial charge in [0.25, 0.3) is 0 Å². The second-order valence-electron chi connectivity index (χ2n) is 11.3. The van der Waals surface area contributed by atoms with Crippen LogP contribution in [0.15, 0.2) is 0 Å². The summed E-state index contributed by atoms with van der Waals surface area (Å²) in [5.74, 6) is 2.55. The molecule has 0 saturated heterocycles. The zero-order chi connectivity index (χ0) is 20.3. The maximum absolute atomic E-state index is 11.5. The molecule has 0 aliphatic heterocycles. The molecule has 0 amide bonds. The van der Waals surface area contributed by atoms with Crippen LogP contribution in [-0.4, -0.2) is 33.5 Å². The second kappa shape index (κ2) is 7.27. The fraction of sp³-hybridized carbons (Fsp3) is 0.958. The van der Waals surface area contributed by atoms with Crippen molar-refractivity contribution in [1.29, 1.82) is 0 Å². The number of carboxylic acid groups (broad SMARTS) is 1. The topological polar surface area (TPSA) is 77.8 Å². The Balaban J connectivity index is 1.56. The van der Waals surface area contributed by atoms with Gasteiger partial charge in [0.2, 0.25) is 0 Å². The third-order valence-electron chi connectivity index (χ3n) is 10.3. The van der Waals surface area contributed by atoms with E-state index in [0.29, 0.717) is 35.5 Å². The van der Waals surface area contributed by atoms with Crippen molar-refractivity contribution in [1.82, 2.24) is 0 Å². The molecule has 0 heterocycles. The zero-order valence-electron chi connectivity index (χ0n) is 17.9. The Hall–Kier alpha value is -0.610. The van der Waals surface area contributed by atoms with E-state index >= 15 is 0 Å². The number of aliphatic hydroxyl groups excluding tert-OH is 2. The highest BCUT2D eigenvalue weighted by Crippen LogP contribution is 2.68. The Labute approximate surface area is 170 Å². The van der Waals surface area contributed by atoms with Crippen LogP contribution in [0.4, 0.5) is 0 Å². The lowest BCUT2D eigenvalue weighted by atomic mass is 9.43. The van der Waals surface area contributed by atoms with E-state index in [2.05, 4.69) is 20.8 Å². The molecule has 4 heteroatoms. The Kier molecular flexibility index (Phi) is 5.36. The van der Waals surface area contributed by atoms with E-state index in [4.69, 9.17) is 5.11 Å². The number of carbonyl (C=O) groups is 1. The average molecular weight is 393 g/mol. The third kappa shape index (κ3) is 3.05. The number of hydrogen-bond donors (Lipinski definition) is 3. The van der Waals surface area contributed by atoms with Crippen LogP contribution >= 0.6 is 0 Å². The second-order valence-corrected chi connectivity index (χ2v) is 11.3. The zero-order valence-corrected chi connectivity index (χ0v) is 17.9. The number of aliphatic carboxylic acids is 1. The molecule has 4 nitrogen and oxygen atoms in total.